The molecule has 1 saturated heterocycles. The van der Waals surface area contributed by atoms with Crippen LogP contribution in [0.1, 0.15) is 30.5 Å². The molecule has 2 heterocycles. The molecule has 4 rings (SSSR count). The van der Waals surface area contributed by atoms with E-state index in [0.717, 1.165) is 0 Å². The summed E-state index contributed by atoms with van der Waals surface area (Å²) in [5.74, 6) is 0.0279. The summed E-state index contributed by atoms with van der Waals surface area (Å²) in [4.78, 5) is 27.6. The lowest BCUT2D eigenvalue weighted by Crippen LogP contribution is -2.31. The fraction of sp³-hybridized carbons (Fsp3) is 0.360. The molecule has 8 nitrogen and oxygen atoms in total. The number of hydrogen-bond donors (Lipinski definition) is 1. The summed E-state index contributed by atoms with van der Waals surface area (Å²) in [6, 6.07) is 11.4. The molecule has 1 amide bonds. The van der Waals surface area contributed by atoms with Crippen molar-refractivity contribution in [2.24, 2.45) is 0 Å². The highest BCUT2D eigenvalue weighted by Crippen LogP contribution is 2.41. The molecule has 0 bridgehead atoms. The van der Waals surface area contributed by atoms with Gasteiger partial charge in [-0.3, -0.25) is 9.59 Å². The number of fused-ring (bicyclic) bond motifs is 1. The number of benzene rings is 2. The van der Waals surface area contributed by atoms with Crippen LogP contribution in [0.2, 0.25) is 0 Å². The predicted octanol–water partition coefficient (Wildman–Crippen LogP) is 3.31. The highest BCUT2D eigenvalue weighted by atomic mass is 16.6. The minimum atomic E-state index is -0.754. The largest absolute Gasteiger partial charge is 0.507 e. The molecule has 0 aromatic heterocycles. The van der Waals surface area contributed by atoms with E-state index in [4.69, 9.17) is 18.9 Å². The number of ketones is 1. The number of ether oxygens (including phenoxy) is 4. The van der Waals surface area contributed by atoms with E-state index >= 15 is 0 Å². The summed E-state index contributed by atoms with van der Waals surface area (Å²) in [5.41, 5.74) is 1.08. The molecule has 2 aliphatic rings. The van der Waals surface area contributed by atoms with Gasteiger partial charge in [-0.05, 0) is 49.2 Å². The van der Waals surface area contributed by atoms with Gasteiger partial charge in [0.1, 0.15) is 24.7 Å². The second-order valence-corrected chi connectivity index (χ2v) is 7.70. The quantitative estimate of drug-likeness (QED) is 0.284. The molecule has 0 spiro atoms. The van der Waals surface area contributed by atoms with Crippen LogP contribution in [0.15, 0.2) is 48.0 Å². The van der Waals surface area contributed by atoms with E-state index in [-0.39, 0.29) is 11.3 Å². The van der Waals surface area contributed by atoms with E-state index in [1.165, 1.54) is 4.90 Å². The minimum Gasteiger partial charge on any atom is -0.507 e. The minimum absolute atomic E-state index is 0.0303. The number of rotatable bonds is 8. The van der Waals surface area contributed by atoms with Gasteiger partial charge in [-0.25, -0.2) is 0 Å². The van der Waals surface area contributed by atoms with Crippen molar-refractivity contribution in [3.05, 3.63) is 59.2 Å². The maximum atomic E-state index is 13.1. The van der Waals surface area contributed by atoms with E-state index < -0.39 is 17.7 Å². The molecule has 0 radical (unpaired) electrons. The Morgan fingerprint density at radius 3 is 2.67 bits per heavy atom. The van der Waals surface area contributed by atoms with Crippen molar-refractivity contribution in [1.29, 1.82) is 0 Å². The molecular weight excluding hydrogens is 426 g/mol. The topological polar surface area (TPSA) is 94.5 Å². The third kappa shape index (κ3) is 4.52. The Morgan fingerprint density at radius 2 is 1.91 bits per heavy atom. The average Bonchev–Trinajstić information content (AvgIpc) is 3.09. The van der Waals surface area contributed by atoms with Crippen LogP contribution in [0.25, 0.3) is 5.76 Å². The summed E-state index contributed by atoms with van der Waals surface area (Å²) >= 11 is 0. The Balaban J connectivity index is 1.80. The summed E-state index contributed by atoms with van der Waals surface area (Å²) in [6.45, 7) is 3.95. The number of amides is 1. The Labute approximate surface area is 192 Å². The molecule has 1 fully saturated rings. The van der Waals surface area contributed by atoms with Crippen molar-refractivity contribution in [1.82, 2.24) is 4.90 Å². The fourth-order valence-corrected chi connectivity index (χ4v) is 4.12. The van der Waals surface area contributed by atoms with E-state index in [1.807, 2.05) is 19.1 Å². The number of methoxy groups -OCH3 is 1. The van der Waals surface area contributed by atoms with Gasteiger partial charge in [0.05, 0.1) is 18.2 Å². The molecule has 2 aromatic rings. The molecule has 1 N–H and O–H groups in total. The van der Waals surface area contributed by atoms with Crippen molar-refractivity contribution in [2.75, 3.05) is 40.1 Å². The summed E-state index contributed by atoms with van der Waals surface area (Å²) in [5, 5.41) is 11.2. The third-order valence-electron chi connectivity index (χ3n) is 5.59. The summed E-state index contributed by atoms with van der Waals surface area (Å²) in [7, 11) is 1.58. The van der Waals surface area contributed by atoms with E-state index in [9.17, 15) is 14.7 Å². The lowest BCUT2D eigenvalue weighted by atomic mass is 9.95. The van der Waals surface area contributed by atoms with Gasteiger partial charge in [0, 0.05) is 25.8 Å². The van der Waals surface area contributed by atoms with Crippen molar-refractivity contribution >= 4 is 17.4 Å². The van der Waals surface area contributed by atoms with Gasteiger partial charge in [-0.1, -0.05) is 12.1 Å². The first-order valence-corrected chi connectivity index (χ1v) is 10.9. The average molecular weight is 453 g/mol. The van der Waals surface area contributed by atoms with Gasteiger partial charge in [-0.15, -0.1) is 0 Å². The van der Waals surface area contributed by atoms with Gasteiger partial charge in [0.25, 0.3) is 11.7 Å². The second-order valence-electron chi connectivity index (χ2n) is 7.70. The number of nitrogens with zero attached hydrogens (tertiary/aromatic N) is 1. The number of hydrogen-bond acceptors (Lipinski definition) is 7. The van der Waals surface area contributed by atoms with Gasteiger partial charge in [0.2, 0.25) is 0 Å². The number of aliphatic hydroxyl groups excluding tert-OH is 1. The normalized spacial score (nSPS) is 19.1. The van der Waals surface area contributed by atoms with E-state index in [2.05, 4.69) is 0 Å². The number of Topliss-reactive ketones (excluding diaryl/α,β-unsaturated/α-hetero) is 1. The maximum absolute atomic E-state index is 13.1. The first kappa shape index (κ1) is 22.7. The van der Waals surface area contributed by atoms with Crippen LogP contribution in [0.4, 0.5) is 0 Å². The van der Waals surface area contributed by atoms with Crippen LogP contribution < -0.4 is 14.2 Å². The number of likely N-dealkylation sites (tertiary alicyclic amines) is 1. The van der Waals surface area contributed by atoms with Crippen molar-refractivity contribution in [3.63, 3.8) is 0 Å². The first-order valence-electron chi connectivity index (χ1n) is 10.9. The highest BCUT2D eigenvalue weighted by Gasteiger charge is 2.46. The summed E-state index contributed by atoms with van der Waals surface area (Å²) in [6.07, 6.45) is 0.551. The van der Waals surface area contributed by atoms with Gasteiger partial charge >= 0.3 is 0 Å². The molecule has 8 heteroatoms. The smallest absolute Gasteiger partial charge is 0.295 e. The van der Waals surface area contributed by atoms with Crippen LogP contribution in [-0.4, -0.2) is 61.8 Å². The number of carbonyl (C=O) groups excluding carboxylic acids is 2. The van der Waals surface area contributed by atoms with Crippen LogP contribution in [0.3, 0.4) is 0 Å². The molecule has 33 heavy (non-hydrogen) atoms. The Kier molecular flexibility index (Phi) is 6.84. The molecule has 0 aliphatic carbocycles. The molecule has 0 saturated carbocycles. The van der Waals surface area contributed by atoms with E-state index in [0.29, 0.717) is 67.8 Å². The Morgan fingerprint density at radius 1 is 1.12 bits per heavy atom. The number of aliphatic hydroxyl groups is 1. The lowest BCUT2D eigenvalue weighted by Gasteiger charge is -2.25. The molecule has 2 aromatic carbocycles. The third-order valence-corrected chi connectivity index (χ3v) is 5.59. The zero-order chi connectivity index (χ0) is 23.4. The standard InChI is InChI=1S/C25H27NO7/c1-3-31-18-7-4-6-16(14-18)22-21(24(28)25(29)26(22)10-5-11-30-2)23(27)17-8-9-19-20(15-17)33-13-12-32-19/h4,6-9,14-15,22,27H,3,5,10-13H2,1-2H3/b23-21-. The molecule has 1 atom stereocenters. The summed E-state index contributed by atoms with van der Waals surface area (Å²) < 4.78 is 21.9. The zero-order valence-electron chi connectivity index (χ0n) is 18.7. The van der Waals surface area contributed by atoms with Crippen LogP contribution in [0, 0.1) is 0 Å². The fourth-order valence-electron chi connectivity index (χ4n) is 4.12. The first-order chi connectivity index (χ1) is 16.0. The van der Waals surface area contributed by atoms with Crippen molar-refractivity contribution in [2.45, 2.75) is 19.4 Å². The molecule has 174 valence electrons. The molecule has 1 unspecified atom stereocenters. The van der Waals surface area contributed by atoms with Crippen molar-refractivity contribution < 1.29 is 33.6 Å². The van der Waals surface area contributed by atoms with Gasteiger partial charge in [0.15, 0.2) is 11.5 Å². The maximum Gasteiger partial charge on any atom is 0.295 e. The van der Waals surface area contributed by atoms with Crippen molar-refractivity contribution in [3.8, 4) is 17.2 Å². The lowest BCUT2D eigenvalue weighted by molar-refractivity contribution is -0.140. The van der Waals surface area contributed by atoms with Gasteiger partial charge < -0.3 is 29.0 Å². The van der Waals surface area contributed by atoms with Crippen LogP contribution >= 0.6 is 0 Å². The second kappa shape index (κ2) is 9.95. The Bertz CT molecular complexity index is 1080. The Hall–Kier alpha value is -3.52. The zero-order valence-corrected chi connectivity index (χ0v) is 18.7. The number of carbonyl (C=O) groups is 2. The SMILES string of the molecule is CCOc1cccc(C2/C(=C(/O)c3ccc4c(c3)OCCO4)C(=O)C(=O)N2CCCOC)c1. The molecule has 2 aliphatic heterocycles. The monoisotopic (exact) mass is 453 g/mol. The predicted molar refractivity (Wildman–Crippen MR) is 121 cm³/mol. The molecular formula is C25H27NO7. The van der Waals surface area contributed by atoms with Crippen LogP contribution in [-0.2, 0) is 14.3 Å². The van der Waals surface area contributed by atoms with Gasteiger partial charge in [-0.2, -0.15) is 0 Å². The van der Waals surface area contributed by atoms with Crippen LogP contribution in [0.5, 0.6) is 17.2 Å². The van der Waals surface area contributed by atoms with E-state index in [1.54, 1.807) is 37.4 Å². The highest BCUT2D eigenvalue weighted by molar-refractivity contribution is 6.46.